The molecule has 3 rings (SSSR count). The van der Waals surface area contributed by atoms with Gasteiger partial charge in [-0.3, -0.25) is 20.2 Å². The quantitative estimate of drug-likeness (QED) is 0.387. The van der Waals surface area contributed by atoms with Crippen LogP contribution >= 0.6 is 11.3 Å². The number of nitro groups is 1. The van der Waals surface area contributed by atoms with Crippen molar-refractivity contribution in [2.45, 2.75) is 33.1 Å². The number of sulfone groups is 2. The monoisotopic (exact) mass is 495 g/mol. The van der Waals surface area contributed by atoms with Gasteiger partial charge in [0.25, 0.3) is 11.6 Å². The normalized spacial score (nSPS) is 12.0. The van der Waals surface area contributed by atoms with Crippen molar-refractivity contribution in [3.8, 4) is 0 Å². The van der Waals surface area contributed by atoms with E-state index in [2.05, 4.69) is 10.3 Å². The minimum atomic E-state index is -3.99. The zero-order valence-electron chi connectivity index (χ0n) is 16.8. The molecule has 1 aromatic heterocycles. The Hall–Kier alpha value is -3.16. The van der Waals surface area contributed by atoms with E-state index in [4.69, 9.17) is 0 Å². The Balaban J connectivity index is 1.82. The van der Waals surface area contributed by atoms with Crippen LogP contribution in [0.2, 0.25) is 0 Å². The summed E-state index contributed by atoms with van der Waals surface area (Å²) in [5.41, 5.74) is -0.176. The van der Waals surface area contributed by atoms with Crippen molar-refractivity contribution < 1.29 is 26.6 Å². The molecule has 0 radical (unpaired) electrons. The van der Waals surface area contributed by atoms with E-state index in [9.17, 15) is 31.7 Å². The maximum atomic E-state index is 12.7. The maximum Gasteiger partial charge on any atom is 0.269 e. The molecule has 0 atom stereocenters. The smallest absolute Gasteiger partial charge is 0.269 e. The zero-order chi connectivity index (χ0) is 23.7. The third-order valence-electron chi connectivity index (χ3n) is 4.37. The number of thiazole rings is 1. The number of carbonyl (C=O) groups is 1. The summed E-state index contributed by atoms with van der Waals surface area (Å²) in [6.45, 7) is 3.06. The molecule has 0 bridgehead atoms. The first-order valence-electron chi connectivity index (χ1n) is 9.03. The summed E-state index contributed by atoms with van der Waals surface area (Å²) in [5.74, 6) is -0.653. The Bertz CT molecular complexity index is 1390. The number of rotatable bonds is 7. The number of hydrogen-bond donors (Lipinski definition) is 1. The lowest BCUT2D eigenvalue weighted by atomic mass is 10.2. The second-order valence-corrected chi connectivity index (χ2v) is 12.5. The zero-order valence-corrected chi connectivity index (χ0v) is 19.2. The van der Waals surface area contributed by atoms with Crippen molar-refractivity contribution in [3.63, 3.8) is 0 Å². The maximum absolute atomic E-state index is 12.7. The van der Waals surface area contributed by atoms with Gasteiger partial charge in [-0.2, -0.15) is 0 Å². The van der Waals surface area contributed by atoms with Crippen molar-refractivity contribution in [2.75, 3.05) is 5.32 Å². The van der Waals surface area contributed by atoms with Gasteiger partial charge >= 0.3 is 0 Å². The lowest BCUT2D eigenvalue weighted by Gasteiger charge is -2.09. The highest BCUT2D eigenvalue weighted by Gasteiger charge is 2.24. The summed E-state index contributed by atoms with van der Waals surface area (Å²) in [4.78, 5) is 26.4. The van der Waals surface area contributed by atoms with Gasteiger partial charge in [0.1, 0.15) is 4.21 Å². The van der Waals surface area contributed by atoms with E-state index >= 15 is 0 Å². The number of nitrogens with zero attached hydrogens (tertiary/aromatic N) is 2. The summed E-state index contributed by atoms with van der Waals surface area (Å²) in [7, 11) is -7.57. The van der Waals surface area contributed by atoms with Gasteiger partial charge in [0, 0.05) is 17.7 Å². The first kappa shape index (κ1) is 23.5. The summed E-state index contributed by atoms with van der Waals surface area (Å²) in [6.07, 6.45) is 1.07. The number of aromatic nitrogens is 1. The van der Waals surface area contributed by atoms with Gasteiger partial charge in [-0.15, -0.1) is 0 Å². The molecule has 10 nitrogen and oxygen atoms in total. The highest BCUT2D eigenvalue weighted by molar-refractivity contribution is 7.93. The number of hydrogen-bond acceptors (Lipinski definition) is 9. The molecule has 2 aromatic carbocycles. The molecule has 3 aromatic rings. The van der Waals surface area contributed by atoms with Gasteiger partial charge in [0.2, 0.25) is 9.84 Å². The Morgan fingerprint density at radius 3 is 2.31 bits per heavy atom. The van der Waals surface area contributed by atoms with Crippen LogP contribution in [0.1, 0.15) is 24.2 Å². The fourth-order valence-corrected chi connectivity index (χ4v) is 6.09. The van der Waals surface area contributed by atoms with Gasteiger partial charge in [-0.05, 0) is 44.2 Å². The Labute approximate surface area is 187 Å². The van der Waals surface area contributed by atoms with Crippen molar-refractivity contribution >= 4 is 47.7 Å². The first-order valence-corrected chi connectivity index (χ1v) is 12.9. The third-order valence-corrected chi connectivity index (χ3v) is 9.67. The molecule has 0 unspecified atom stereocenters. The molecular weight excluding hydrogens is 478 g/mol. The van der Waals surface area contributed by atoms with Gasteiger partial charge in [0.05, 0.1) is 26.2 Å². The number of amides is 1. The lowest BCUT2D eigenvalue weighted by Crippen LogP contribution is -2.16. The number of benzene rings is 2. The molecule has 32 heavy (non-hydrogen) atoms. The molecule has 1 N–H and O–H groups in total. The number of carbonyl (C=O) groups excluding carboxylic acids is 1. The molecule has 0 aliphatic heterocycles. The topological polar surface area (TPSA) is 153 Å². The molecule has 0 spiro atoms. The Morgan fingerprint density at radius 1 is 1.06 bits per heavy atom. The number of non-ortho nitro benzene ring substituents is 1. The van der Waals surface area contributed by atoms with E-state index in [0.29, 0.717) is 11.3 Å². The van der Waals surface area contributed by atoms with Crippen molar-refractivity contribution in [1.82, 2.24) is 4.98 Å². The molecule has 1 amide bonds. The van der Waals surface area contributed by atoms with Gasteiger partial charge in [-0.1, -0.05) is 17.4 Å². The predicted octanol–water partition coefficient (Wildman–Crippen LogP) is 3.32. The predicted molar refractivity (Wildman–Crippen MR) is 117 cm³/mol. The van der Waals surface area contributed by atoms with Crippen molar-refractivity contribution in [3.05, 3.63) is 70.4 Å². The van der Waals surface area contributed by atoms with Crippen LogP contribution in [0, 0.1) is 10.1 Å². The van der Waals surface area contributed by atoms with Crippen LogP contribution in [0.25, 0.3) is 0 Å². The van der Waals surface area contributed by atoms with E-state index in [1.807, 2.05) is 0 Å². The summed E-state index contributed by atoms with van der Waals surface area (Å²) in [6, 6.07) is 9.90. The van der Waals surface area contributed by atoms with Crippen molar-refractivity contribution in [1.29, 1.82) is 0 Å². The molecule has 0 saturated heterocycles. The number of nitrogens with one attached hydrogen (secondary N) is 1. The fourth-order valence-electron chi connectivity index (χ4n) is 2.56. The van der Waals surface area contributed by atoms with Crippen LogP contribution in [0.4, 0.5) is 10.8 Å². The van der Waals surface area contributed by atoms with Crippen LogP contribution in [-0.2, 0) is 19.7 Å². The molecule has 0 fully saturated rings. The van der Waals surface area contributed by atoms with Gasteiger partial charge < -0.3 is 0 Å². The molecule has 1 heterocycles. The van der Waals surface area contributed by atoms with Crippen LogP contribution < -0.4 is 5.32 Å². The average Bonchev–Trinajstić information content (AvgIpc) is 3.23. The SMILES string of the molecule is CC(C)S(=O)(=O)c1cccc(C(=O)Nc2ncc(S(=O)(=O)c3ccc([N+](=O)[O-])cc3)s2)c1. The van der Waals surface area contributed by atoms with Crippen LogP contribution in [-0.4, -0.2) is 37.9 Å². The van der Waals surface area contributed by atoms with Crippen LogP contribution in [0.3, 0.4) is 0 Å². The molecule has 13 heteroatoms. The van der Waals surface area contributed by atoms with E-state index < -0.39 is 35.8 Å². The minimum Gasteiger partial charge on any atom is -0.298 e. The number of anilines is 1. The largest absolute Gasteiger partial charge is 0.298 e. The molecule has 0 saturated carbocycles. The summed E-state index contributed by atoms with van der Waals surface area (Å²) < 4.78 is 49.9. The Kier molecular flexibility index (Phi) is 6.44. The van der Waals surface area contributed by atoms with Crippen LogP contribution in [0.5, 0.6) is 0 Å². The molecule has 168 valence electrons. The second-order valence-electron chi connectivity index (χ2n) is 6.81. The molecule has 0 aliphatic carbocycles. The summed E-state index contributed by atoms with van der Waals surface area (Å²) >= 11 is 0.700. The first-order chi connectivity index (χ1) is 14.9. The highest BCUT2D eigenvalue weighted by Crippen LogP contribution is 2.30. The standard InChI is InChI=1S/C19H17N3O7S3/c1-12(2)31(26,27)16-5-3-4-13(10-16)18(23)21-19-20-11-17(30-19)32(28,29)15-8-6-14(7-9-15)22(24)25/h3-12H,1-2H3,(H,20,21,23). The molecule has 0 aliphatic rings. The second kappa shape index (κ2) is 8.76. The van der Waals surface area contributed by atoms with Crippen molar-refractivity contribution in [2.24, 2.45) is 0 Å². The van der Waals surface area contributed by atoms with E-state index in [1.54, 1.807) is 0 Å². The summed E-state index contributed by atoms with van der Waals surface area (Å²) in [5, 5.41) is 12.5. The van der Waals surface area contributed by atoms with E-state index in [-0.39, 0.29) is 30.4 Å². The van der Waals surface area contributed by atoms with Gasteiger partial charge in [-0.25, -0.2) is 21.8 Å². The van der Waals surface area contributed by atoms with Crippen LogP contribution in [0.15, 0.2) is 68.7 Å². The highest BCUT2D eigenvalue weighted by atomic mass is 32.2. The van der Waals surface area contributed by atoms with E-state index in [1.165, 1.54) is 38.1 Å². The minimum absolute atomic E-state index is 0.000673. The molecular formula is C19H17N3O7S3. The lowest BCUT2D eigenvalue weighted by molar-refractivity contribution is -0.384. The third kappa shape index (κ3) is 4.69. The number of nitro benzene ring substituents is 1. The fraction of sp³-hybridized carbons (Fsp3) is 0.158. The Morgan fingerprint density at radius 2 is 1.72 bits per heavy atom. The average molecular weight is 496 g/mol. The van der Waals surface area contributed by atoms with E-state index in [0.717, 1.165) is 30.5 Å². The van der Waals surface area contributed by atoms with Gasteiger partial charge in [0.15, 0.2) is 15.0 Å².